The normalized spacial score (nSPS) is 12.3. The van der Waals surface area contributed by atoms with Crippen LogP contribution in [0, 0.1) is 0 Å². The van der Waals surface area contributed by atoms with Gasteiger partial charge in [-0.1, -0.05) is 76.0 Å². The molecule has 3 aromatic rings. The van der Waals surface area contributed by atoms with Crippen molar-refractivity contribution in [1.29, 1.82) is 0 Å². The first-order valence-corrected chi connectivity index (χ1v) is 21.1. The third-order valence-corrected chi connectivity index (χ3v) is 10.4. The number of aromatic amines is 1. The molecule has 1 aromatic heterocycles. The number of nitrogens with zero attached hydrogens (tertiary/aromatic N) is 2. The third-order valence-electron chi connectivity index (χ3n) is 10.4. The van der Waals surface area contributed by atoms with Crippen molar-refractivity contribution in [3.8, 4) is 11.3 Å². The Balaban J connectivity index is 0.000000258. The lowest BCUT2D eigenvalue weighted by Crippen LogP contribution is -2.24. The van der Waals surface area contributed by atoms with Crippen LogP contribution < -0.4 is 25.5 Å². The summed E-state index contributed by atoms with van der Waals surface area (Å²) in [5, 5.41) is 19.3. The summed E-state index contributed by atoms with van der Waals surface area (Å²) in [6.45, 7) is 5.94. The summed E-state index contributed by atoms with van der Waals surface area (Å²) in [6.07, 6.45) is 18.1. The van der Waals surface area contributed by atoms with Crippen LogP contribution in [0.3, 0.4) is 0 Å². The molecule has 0 spiro atoms. The predicted molar refractivity (Wildman–Crippen MR) is 244 cm³/mol. The maximum absolute atomic E-state index is 12.2. The number of aliphatic carboxylic acids is 1. The second-order valence-electron chi connectivity index (χ2n) is 15.0. The molecule has 6 rings (SSSR count). The number of allylic oxidation sites excluding steroid dienone is 4. The number of carbonyl (C=O) groups is 3. The molecule has 2 heterocycles. The number of hydrogen-bond donors (Lipinski definition) is 4. The van der Waals surface area contributed by atoms with E-state index in [0.717, 1.165) is 66.2 Å². The Labute approximate surface area is 349 Å². The number of aryl methyl sites for hydroxylation is 1. The van der Waals surface area contributed by atoms with Gasteiger partial charge in [-0.2, -0.15) is 0 Å². The summed E-state index contributed by atoms with van der Waals surface area (Å²) in [4.78, 5) is 40.7. The van der Waals surface area contributed by atoms with Gasteiger partial charge in [0.2, 0.25) is 11.3 Å². The third kappa shape index (κ3) is 12.9. The Morgan fingerprint density at radius 2 is 1.63 bits per heavy atom. The fourth-order valence-corrected chi connectivity index (χ4v) is 7.13. The molecule has 3 aliphatic rings. The van der Waals surface area contributed by atoms with Crippen LogP contribution in [0.4, 0.5) is 5.69 Å². The van der Waals surface area contributed by atoms with Crippen LogP contribution in [-0.2, 0) is 20.8 Å². The molecule has 0 fully saturated rings. The van der Waals surface area contributed by atoms with Gasteiger partial charge in [0.05, 0.1) is 11.6 Å². The Morgan fingerprint density at radius 3 is 2.32 bits per heavy atom. The van der Waals surface area contributed by atoms with E-state index in [1.165, 1.54) is 48.6 Å². The number of benzene rings is 3. The standard InChI is InChI=1S/C26H24N2O4.C21H33N3O.C2H6/c1-27(2)17-7-11-21-23(13-17)32-24-14-18(28(3)4)8-12-22(24)25(21)19-9-5-16(15-29)6-10-20(19)26(30)31;1-22-15-8-4-2-3-5-9-16-23-21(25)14-10-11-18-17-24-20-13-7-6-12-19(18)20;1-2/h5,7-15H,6H2,1-4H3;6-7,12-13,17,22,24H,2-5,8-11,14-16H2,1H3,(H,23,25);1-2H3/p+1. The highest BCUT2D eigenvalue weighted by molar-refractivity contribution is 6.13. The van der Waals surface area contributed by atoms with Gasteiger partial charge in [-0.3, -0.25) is 9.59 Å². The van der Waals surface area contributed by atoms with Gasteiger partial charge in [0.15, 0.2) is 0 Å². The summed E-state index contributed by atoms with van der Waals surface area (Å²) >= 11 is 0. The number of rotatable bonds is 17. The van der Waals surface area contributed by atoms with Crippen molar-refractivity contribution in [2.75, 3.05) is 53.2 Å². The fourth-order valence-electron chi connectivity index (χ4n) is 7.13. The minimum Gasteiger partial charge on any atom is -0.478 e. The van der Waals surface area contributed by atoms with Gasteiger partial charge in [-0.05, 0) is 86.7 Å². The minimum absolute atomic E-state index is 0.167. The minimum atomic E-state index is -1.03. The highest BCUT2D eigenvalue weighted by Gasteiger charge is 2.25. The molecule has 0 saturated carbocycles. The molecule has 59 heavy (non-hydrogen) atoms. The molecule has 2 aliphatic carbocycles. The predicted octanol–water partition coefficient (Wildman–Crippen LogP) is 8.75. The number of para-hydroxylation sites is 1. The number of amides is 1. The van der Waals surface area contributed by atoms with E-state index < -0.39 is 5.97 Å². The summed E-state index contributed by atoms with van der Waals surface area (Å²) in [7, 11) is 9.83. The highest BCUT2D eigenvalue weighted by atomic mass is 16.4. The van der Waals surface area contributed by atoms with Gasteiger partial charge in [-0.25, -0.2) is 9.37 Å². The maximum atomic E-state index is 12.2. The summed E-state index contributed by atoms with van der Waals surface area (Å²) < 4.78 is 8.30. The zero-order valence-electron chi connectivity index (χ0n) is 36.1. The van der Waals surface area contributed by atoms with Crippen molar-refractivity contribution >= 4 is 51.3 Å². The Bertz CT molecular complexity index is 2300. The summed E-state index contributed by atoms with van der Waals surface area (Å²) in [5.74, 6) is -0.188. The molecule has 2 aromatic carbocycles. The SMILES string of the molecule is CC.CN(C)c1ccc2c(C3=CC=C(C=O)CC=C3C(=O)O)c3ccc(=[N+](C)C)cc-3oc2c1.CNCCCCCCCCNC(=O)CCCc1c[nH]c2ccccc12. The molecule has 10 heteroatoms. The number of unbranched alkanes of at least 4 members (excludes halogenated alkanes) is 5. The van der Waals surface area contributed by atoms with Crippen LogP contribution in [0.1, 0.15) is 82.8 Å². The number of hydrogen-bond acceptors (Lipinski definition) is 6. The summed E-state index contributed by atoms with van der Waals surface area (Å²) in [6, 6.07) is 20.1. The van der Waals surface area contributed by atoms with Gasteiger partial charge in [0.1, 0.15) is 31.7 Å². The zero-order chi connectivity index (χ0) is 42.7. The average molecular weight is 803 g/mol. The van der Waals surface area contributed by atoms with Crippen LogP contribution in [0.15, 0.2) is 101 Å². The molecule has 0 radical (unpaired) electrons. The number of carboxylic acids is 1. The van der Waals surface area contributed by atoms with E-state index in [9.17, 15) is 19.5 Å². The van der Waals surface area contributed by atoms with Crippen molar-refractivity contribution in [3.05, 3.63) is 113 Å². The van der Waals surface area contributed by atoms with Crippen LogP contribution >= 0.6 is 0 Å². The average Bonchev–Trinajstić information content (AvgIpc) is 3.52. The molecule has 0 saturated heterocycles. The number of anilines is 1. The maximum Gasteiger partial charge on any atom is 0.336 e. The van der Waals surface area contributed by atoms with Crippen molar-refractivity contribution in [3.63, 3.8) is 0 Å². The second-order valence-corrected chi connectivity index (χ2v) is 15.0. The lowest BCUT2D eigenvalue weighted by atomic mass is 9.89. The molecule has 0 unspecified atom stereocenters. The van der Waals surface area contributed by atoms with Crippen molar-refractivity contribution < 1.29 is 23.9 Å². The molecular weight excluding hydrogens is 739 g/mol. The van der Waals surface area contributed by atoms with Crippen LogP contribution in [0.5, 0.6) is 0 Å². The topological polar surface area (TPSA) is 131 Å². The molecule has 4 N–H and O–H groups in total. The van der Waals surface area contributed by atoms with Gasteiger partial charge in [0, 0.05) is 78.5 Å². The molecular formula is C49H64N5O5+. The number of nitrogens with one attached hydrogen (secondary N) is 3. The molecule has 1 amide bonds. The monoisotopic (exact) mass is 802 g/mol. The molecule has 314 valence electrons. The van der Waals surface area contributed by atoms with E-state index >= 15 is 0 Å². The lowest BCUT2D eigenvalue weighted by molar-refractivity contribution is -0.132. The van der Waals surface area contributed by atoms with E-state index in [1.54, 1.807) is 18.2 Å². The molecule has 10 nitrogen and oxygen atoms in total. The van der Waals surface area contributed by atoms with E-state index in [4.69, 9.17) is 4.42 Å². The Kier molecular flexibility index (Phi) is 18.4. The van der Waals surface area contributed by atoms with Crippen molar-refractivity contribution in [1.82, 2.24) is 20.2 Å². The number of carboxylic acid groups (broad SMARTS) is 1. The van der Waals surface area contributed by atoms with Crippen molar-refractivity contribution in [2.24, 2.45) is 0 Å². The number of H-pyrrole nitrogens is 1. The van der Waals surface area contributed by atoms with Crippen LogP contribution in [-0.4, -0.2) is 76.6 Å². The van der Waals surface area contributed by atoms with E-state index in [1.807, 2.05) is 101 Å². The largest absolute Gasteiger partial charge is 0.478 e. The van der Waals surface area contributed by atoms with Gasteiger partial charge in [-0.15, -0.1) is 0 Å². The van der Waals surface area contributed by atoms with Crippen LogP contribution in [0.2, 0.25) is 0 Å². The number of aldehydes is 1. The second kappa shape index (κ2) is 23.6. The molecule has 1 aliphatic heterocycles. The fraction of sp³-hybridized carbons (Fsp3) is 0.388. The zero-order valence-corrected chi connectivity index (χ0v) is 36.1. The smallest absolute Gasteiger partial charge is 0.336 e. The van der Waals surface area contributed by atoms with E-state index in [0.29, 0.717) is 28.9 Å². The number of carbonyl (C=O) groups excluding carboxylic acids is 2. The highest BCUT2D eigenvalue weighted by Crippen LogP contribution is 2.41. The molecule has 0 atom stereocenters. The van der Waals surface area contributed by atoms with Gasteiger partial charge < -0.3 is 30.0 Å². The number of aromatic nitrogens is 1. The lowest BCUT2D eigenvalue weighted by Gasteiger charge is -2.19. The van der Waals surface area contributed by atoms with Crippen molar-refractivity contribution in [2.45, 2.75) is 78.1 Å². The molecule has 0 bridgehead atoms. The van der Waals surface area contributed by atoms with Crippen LogP contribution in [0.25, 0.3) is 38.8 Å². The number of fused-ring (bicyclic) bond motifs is 3. The summed E-state index contributed by atoms with van der Waals surface area (Å²) in [5.41, 5.74) is 6.94. The quantitative estimate of drug-likeness (QED) is 0.0320. The van der Waals surface area contributed by atoms with E-state index in [-0.39, 0.29) is 17.9 Å². The first kappa shape index (κ1) is 46.0. The Hall–Kier alpha value is -5.74. The van der Waals surface area contributed by atoms with Gasteiger partial charge >= 0.3 is 5.97 Å². The van der Waals surface area contributed by atoms with E-state index in [2.05, 4.69) is 40.0 Å². The first-order valence-electron chi connectivity index (χ1n) is 21.1. The van der Waals surface area contributed by atoms with Gasteiger partial charge in [0.25, 0.3) is 0 Å². The Morgan fingerprint density at radius 1 is 0.898 bits per heavy atom. The first-order chi connectivity index (χ1) is 28.6.